The minimum atomic E-state index is 0.112. The summed E-state index contributed by atoms with van der Waals surface area (Å²) in [5.41, 5.74) is 0. The molecule has 0 unspecified atom stereocenters. The fourth-order valence-corrected chi connectivity index (χ4v) is 2.04. The van der Waals surface area contributed by atoms with Gasteiger partial charge >= 0.3 is 0 Å². The largest absolute Gasteiger partial charge is 0.479 e. The van der Waals surface area contributed by atoms with Gasteiger partial charge in [0.25, 0.3) is 0 Å². The lowest BCUT2D eigenvalue weighted by molar-refractivity contribution is -0.125. The highest BCUT2D eigenvalue weighted by Gasteiger charge is 2.15. The number of hydrogen-bond acceptors (Lipinski definition) is 3. The van der Waals surface area contributed by atoms with E-state index in [0.717, 1.165) is 25.7 Å². The van der Waals surface area contributed by atoms with Crippen LogP contribution in [0.5, 0.6) is 5.75 Å². The van der Waals surface area contributed by atoms with Crippen molar-refractivity contribution in [2.75, 3.05) is 13.2 Å². The molecule has 0 aliphatic rings. The Hall–Kier alpha value is -2.02. The van der Waals surface area contributed by atoms with Crippen molar-refractivity contribution in [1.82, 2.24) is 10.3 Å². The standard InChI is InChI=1S/C17H24N2O2/c1-3-8-15(9-4-2)17(20)19-12-5-6-13-21-16-10-7-11-18-14-16/h7,10-11,14-15H,3-4,8-9,12-13H2,1-2H3,(H,19,20). The number of aromatic nitrogens is 1. The summed E-state index contributed by atoms with van der Waals surface area (Å²) in [5.74, 6) is 6.70. The molecule has 0 aliphatic heterocycles. The first kappa shape index (κ1) is 17.0. The molecule has 1 aromatic heterocycles. The van der Waals surface area contributed by atoms with Gasteiger partial charge in [0.1, 0.15) is 12.4 Å². The number of nitrogens with one attached hydrogen (secondary N) is 1. The minimum absolute atomic E-state index is 0.112. The first-order chi connectivity index (χ1) is 10.3. The van der Waals surface area contributed by atoms with Gasteiger partial charge in [-0.3, -0.25) is 9.78 Å². The monoisotopic (exact) mass is 288 g/mol. The van der Waals surface area contributed by atoms with Crippen molar-refractivity contribution in [3.8, 4) is 17.6 Å². The maximum Gasteiger partial charge on any atom is 0.223 e. The van der Waals surface area contributed by atoms with Crippen LogP contribution < -0.4 is 10.1 Å². The Morgan fingerprint density at radius 3 is 2.71 bits per heavy atom. The van der Waals surface area contributed by atoms with Gasteiger partial charge in [-0.25, -0.2) is 0 Å². The van der Waals surface area contributed by atoms with Gasteiger partial charge in [-0.05, 0) is 25.0 Å². The smallest absolute Gasteiger partial charge is 0.223 e. The first-order valence-electron chi connectivity index (χ1n) is 7.54. The summed E-state index contributed by atoms with van der Waals surface area (Å²) < 4.78 is 5.39. The fraction of sp³-hybridized carbons (Fsp3) is 0.529. The molecule has 0 aromatic carbocycles. The van der Waals surface area contributed by atoms with E-state index in [1.54, 1.807) is 12.4 Å². The third-order valence-electron chi connectivity index (χ3n) is 3.07. The average molecular weight is 288 g/mol. The fourth-order valence-electron chi connectivity index (χ4n) is 2.04. The third kappa shape index (κ3) is 7.36. The van der Waals surface area contributed by atoms with Crippen molar-refractivity contribution in [2.24, 2.45) is 5.92 Å². The Balaban J connectivity index is 2.23. The van der Waals surface area contributed by atoms with Gasteiger partial charge < -0.3 is 10.1 Å². The van der Waals surface area contributed by atoms with Crippen LogP contribution in [-0.4, -0.2) is 24.0 Å². The zero-order chi connectivity index (χ0) is 15.3. The Morgan fingerprint density at radius 2 is 2.10 bits per heavy atom. The van der Waals surface area contributed by atoms with Gasteiger partial charge in [0.15, 0.2) is 0 Å². The quantitative estimate of drug-likeness (QED) is 0.748. The molecule has 21 heavy (non-hydrogen) atoms. The van der Waals surface area contributed by atoms with Gasteiger partial charge in [-0.1, -0.05) is 38.5 Å². The van der Waals surface area contributed by atoms with Crippen LogP contribution in [0, 0.1) is 17.8 Å². The van der Waals surface area contributed by atoms with E-state index in [0.29, 0.717) is 18.9 Å². The molecule has 0 spiro atoms. The number of pyridine rings is 1. The SMILES string of the molecule is CCCC(CCC)C(=O)NCC#CCOc1cccnc1. The van der Waals surface area contributed by atoms with E-state index >= 15 is 0 Å². The maximum absolute atomic E-state index is 12.0. The van der Waals surface area contributed by atoms with E-state index in [1.807, 2.05) is 12.1 Å². The Labute approximate surface area is 127 Å². The van der Waals surface area contributed by atoms with Crippen molar-refractivity contribution >= 4 is 5.91 Å². The molecule has 1 heterocycles. The summed E-state index contributed by atoms with van der Waals surface area (Å²) in [6.07, 6.45) is 7.28. The van der Waals surface area contributed by atoms with Crippen LogP contribution in [0.15, 0.2) is 24.5 Å². The molecule has 0 fully saturated rings. The first-order valence-corrected chi connectivity index (χ1v) is 7.54. The average Bonchev–Trinajstić information content (AvgIpc) is 2.51. The predicted molar refractivity (Wildman–Crippen MR) is 83.8 cm³/mol. The van der Waals surface area contributed by atoms with E-state index in [2.05, 4.69) is 36.0 Å². The number of rotatable bonds is 8. The molecular weight excluding hydrogens is 264 g/mol. The number of ether oxygens (including phenoxy) is 1. The molecule has 1 aromatic rings. The lowest BCUT2D eigenvalue weighted by Gasteiger charge is -2.13. The van der Waals surface area contributed by atoms with E-state index in [4.69, 9.17) is 4.74 Å². The minimum Gasteiger partial charge on any atom is -0.479 e. The van der Waals surface area contributed by atoms with Crippen molar-refractivity contribution in [3.05, 3.63) is 24.5 Å². The Kier molecular flexibility index (Phi) is 8.70. The van der Waals surface area contributed by atoms with Crippen molar-refractivity contribution in [3.63, 3.8) is 0 Å². The summed E-state index contributed by atoms with van der Waals surface area (Å²) in [6.45, 7) is 4.88. The molecular formula is C17H24N2O2. The second-order valence-electron chi connectivity index (χ2n) is 4.82. The highest BCUT2D eigenvalue weighted by atomic mass is 16.5. The number of carbonyl (C=O) groups is 1. The summed E-state index contributed by atoms with van der Waals surface area (Å²) in [7, 11) is 0. The highest BCUT2D eigenvalue weighted by Crippen LogP contribution is 2.13. The second kappa shape index (κ2) is 10.7. The summed E-state index contributed by atoms with van der Waals surface area (Å²) in [6, 6.07) is 3.64. The van der Waals surface area contributed by atoms with Crippen LogP contribution in [-0.2, 0) is 4.79 Å². The normalized spacial score (nSPS) is 9.86. The number of hydrogen-bond donors (Lipinski definition) is 1. The van der Waals surface area contributed by atoms with Crippen molar-refractivity contribution in [1.29, 1.82) is 0 Å². The highest BCUT2D eigenvalue weighted by molar-refractivity contribution is 5.78. The summed E-state index contributed by atoms with van der Waals surface area (Å²) >= 11 is 0. The van der Waals surface area contributed by atoms with Crippen molar-refractivity contribution < 1.29 is 9.53 Å². The van der Waals surface area contributed by atoms with Crippen LogP contribution in [0.4, 0.5) is 0 Å². The molecule has 0 aliphatic carbocycles. The summed E-state index contributed by atoms with van der Waals surface area (Å²) in [4.78, 5) is 15.9. The zero-order valence-electron chi connectivity index (χ0n) is 12.9. The number of amides is 1. The van der Waals surface area contributed by atoms with Gasteiger partial charge in [0, 0.05) is 12.1 Å². The predicted octanol–water partition coefficient (Wildman–Crippen LogP) is 2.80. The Morgan fingerprint density at radius 1 is 1.33 bits per heavy atom. The molecule has 0 atom stereocenters. The molecule has 4 heteroatoms. The van der Waals surface area contributed by atoms with Gasteiger partial charge in [-0.2, -0.15) is 0 Å². The molecule has 0 radical (unpaired) electrons. The van der Waals surface area contributed by atoms with Gasteiger partial charge in [0.2, 0.25) is 5.91 Å². The molecule has 1 rings (SSSR count). The molecule has 1 N–H and O–H groups in total. The molecule has 0 bridgehead atoms. The molecule has 0 saturated heterocycles. The van der Waals surface area contributed by atoms with E-state index < -0.39 is 0 Å². The van der Waals surface area contributed by atoms with E-state index in [1.165, 1.54) is 0 Å². The molecule has 1 amide bonds. The lowest BCUT2D eigenvalue weighted by Crippen LogP contribution is -2.31. The number of nitrogens with zero attached hydrogens (tertiary/aromatic N) is 1. The molecule has 114 valence electrons. The van der Waals surface area contributed by atoms with Gasteiger partial charge in [0.05, 0.1) is 12.7 Å². The van der Waals surface area contributed by atoms with Crippen LogP contribution in [0.1, 0.15) is 39.5 Å². The number of carbonyl (C=O) groups excluding carboxylic acids is 1. The van der Waals surface area contributed by atoms with Crippen LogP contribution in [0.2, 0.25) is 0 Å². The van der Waals surface area contributed by atoms with Gasteiger partial charge in [-0.15, -0.1) is 0 Å². The maximum atomic E-state index is 12.0. The second-order valence-corrected chi connectivity index (χ2v) is 4.82. The van der Waals surface area contributed by atoms with E-state index in [-0.39, 0.29) is 11.8 Å². The summed E-state index contributed by atoms with van der Waals surface area (Å²) in [5, 5.41) is 2.87. The topological polar surface area (TPSA) is 51.2 Å². The van der Waals surface area contributed by atoms with Crippen molar-refractivity contribution in [2.45, 2.75) is 39.5 Å². The van der Waals surface area contributed by atoms with Crippen LogP contribution in [0.3, 0.4) is 0 Å². The Bertz CT molecular complexity index is 457. The van der Waals surface area contributed by atoms with E-state index in [9.17, 15) is 4.79 Å². The third-order valence-corrected chi connectivity index (χ3v) is 3.07. The van der Waals surface area contributed by atoms with Crippen LogP contribution in [0.25, 0.3) is 0 Å². The molecule has 0 saturated carbocycles. The zero-order valence-corrected chi connectivity index (χ0v) is 12.9. The van der Waals surface area contributed by atoms with Crippen LogP contribution >= 0.6 is 0 Å². The molecule has 4 nitrogen and oxygen atoms in total. The lowest BCUT2D eigenvalue weighted by atomic mass is 9.97.